The number of carbonyl (C=O) groups excluding carboxylic acids is 1. The Morgan fingerprint density at radius 2 is 1.31 bits per heavy atom. The number of allylic oxidation sites excluding steroid dienone is 1. The van der Waals surface area contributed by atoms with Crippen LogP contribution in [0.3, 0.4) is 0 Å². The van der Waals surface area contributed by atoms with Crippen LogP contribution in [0.5, 0.6) is 0 Å². The molecule has 4 nitrogen and oxygen atoms in total. The molecular formula is C23H17FO4S. The first-order valence-corrected chi connectivity index (χ1v) is 10.2. The number of sulfone groups is 1. The Kier molecular flexibility index (Phi) is 6.36. The van der Waals surface area contributed by atoms with Gasteiger partial charge in [-0.1, -0.05) is 72.8 Å². The molecule has 6 heteroatoms. The molecule has 0 aliphatic rings. The van der Waals surface area contributed by atoms with Crippen molar-refractivity contribution in [3.05, 3.63) is 119 Å². The van der Waals surface area contributed by atoms with Crippen molar-refractivity contribution >= 4 is 21.9 Å². The number of hydrogen-bond acceptors (Lipinski definition) is 4. The van der Waals surface area contributed by atoms with Crippen molar-refractivity contribution in [2.75, 3.05) is 0 Å². The third-order valence-corrected chi connectivity index (χ3v) is 5.49. The predicted octanol–water partition coefficient (Wildman–Crippen LogP) is 5.17. The number of rotatable bonds is 6. The highest BCUT2D eigenvalue weighted by Gasteiger charge is 2.26. The lowest BCUT2D eigenvalue weighted by atomic mass is 10.2. The van der Waals surface area contributed by atoms with Crippen molar-refractivity contribution in [2.24, 2.45) is 0 Å². The van der Waals surface area contributed by atoms with Gasteiger partial charge in [0.25, 0.3) is 5.16 Å². The first-order chi connectivity index (χ1) is 14.0. The molecule has 0 saturated heterocycles. The van der Waals surface area contributed by atoms with Gasteiger partial charge >= 0.3 is 5.97 Å². The molecule has 0 saturated carbocycles. The third-order valence-electron chi connectivity index (χ3n) is 3.92. The number of carbonyl (C=O) groups is 1. The maximum Gasteiger partial charge on any atom is 0.343 e. The number of benzene rings is 3. The van der Waals surface area contributed by atoms with E-state index < -0.39 is 26.7 Å². The summed E-state index contributed by atoms with van der Waals surface area (Å²) in [7, 11) is -4.49. The summed E-state index contributed by atoms with van der Waals surface area (Å²) in [5.74, 6) is -1.55. The Labute approximate surface area is 168 Å². The zero-order valence-electron chi connectivity index (χ0n) is 15.2. The molecule has 3 aromatic rings. The number of esters is 1. The number of halogens is 1. The predicted molar refractivity (Wildman–Crippen MR) is 109 cm³/mol. The summed E-state index contributed by atoms with van der Waals surface area (Å²) in [5, 5.41) is -1.54. The fourth-order valence-corrected chi connectivity index (χ4v) is 3.54. The second-order valence-electron chi connectivity index (χ2n) is 5.95. The summed E-state index contributed by atoms with van der Waals surface area (Å²) >= 11 is 0. The Hall–Kier alpha value is -3.51. The molecule has 0 radical (unpaired) electrons. The minimum atomic E-state index is -4.49. The van der Waals surface area contributed by atoms with Gasteiger partial charge in [0.05, 0.1) is 10.5 Å². The molecule has 0 fully saturated rings. The molecule has 0 bridgehead atoms. The molecule has 0 heterocycles. The molecular weight excluding hydrogens is 391 g/mol. The zero-order chi connectivity index (χ0) is 20.7. The lowest BCUT2D eigenvalue weighted by Crippen LogP contribution is -2.09. The fourth-order valence-electron chi connectivity index (χ4n) is 2.44. The van der Waals surface area contributed by atoms with Gasteiger partial charge in [-0.25, -0.2) is 13.2 Å². The van der Waals surface area contributed by atoms with Crippen LogP contribution >= 0.6 is 0 Å². The van der Waals surface area contributed by atoms with Crippen LogP contribution in [0.1, 0.15) is 15.9 Å². The van der Waals surface area contributed by atoms with Gasteiger partial charge in [0.1, 0.15) is 0 Å². The minimum absolute atomic E-state index is 0.169. The van der Waals surface area contributed by atoms with Crippen molar-refractivity contribution in [2.45, 2.75) is 4.90 Å². The van der Waals surface area contributed by atoms with Gasteiger partial charge in [0, 0.05) is 0 Å². The summed E-state index contributed by atoms with van der Waals surface area (Å²) in [4.78, 5) is 12.1. The highest BCUT2D eigenvalue weighted by molar-refractivity contribution is 7.95. The maximum absolute atomic E-state index is 15.1. The Morgan fingerprint density at radius 1 is 0.793 bits per heavy atom. The topological polar surface area (TPSA) is 60.4 Å². The molecule has 0 aliphatic carbocycles. The van der Waals surface area contributed by atoms with Crippen LogP contribution in [0.2, 0.25) is 0 Å². The second-order valence-corrected chi connectivity index (χ2v) is 7.79. The van der Waals surface area contributed by atoms with E-state index in [2.05, 4.69) is 0 Å². The van der Waals surface area contributed by atoms with E-state index in [1.807, 2.05) is 6.07 Å². The second kappa shape index (κ2) is 9.12. The monoisotopic (exact) mass is 408 g/mol. The summed E-state index contributed by atoms with van der Waals surface area (Å²) in [6.07, 6.45) is 2.60. The Bertz CT molecular complexity index is 1140. The highest BCUT2D eigenvalue weighted by atomic mass is 32.2. The highest BCUT2D eigenvalue weighted by Crippen LogP contribution is 2.25. The van der Waals surface area contributed by atoms with Crippen LogP contribution in [-0.4, -0.2) is 14.4 Å². The van der Waals surface area contributed by atoms with E-state index >= 15 is 4.39 Å². The molecule has 0 N–H and O–H groups in total. The van der Waals surface area contributed by atoms with Crippen LogP contribution < -0.4 is 0 Å². The van der Waals surface area contributed by atoms with Gasteiger partial charge in [-0.3, -0.25) is 0 Å². The van der Waals surface area contributed by atoms with Crippen molar-refractivity contribution in [1.29, 1.82) is 0 Å². The van der Waals surface area contributed by atoms with E-state index in [0.29, 0.717) is 5.56 Å². The van der Waals surface area contributed by atoms with Gasteiger partial charge in [0.15, 0.2) is 5.76 Å². The van der Waals surface area contributed by atoms with E-state index in [4.69, 9.17) is 4.74 Å². The minimum Gasteiger partial charge on any atom is -0.419 e. The molecule has 0 atom stereocenters. The summed E-state index contributed by atoms with van der Waals surface area (Å²) in [6, 6.07) is 23.9. The molecule has 3 aromatic carbocycles. The van der Waals surface area contributed by atoms with Gasteiger partial charge in [-0.15, -0.1) is 0 Å². The Morgan fingerprint density at radius 3 is 1.90 bits per heavy atom. The molecule has 0 aliphatic heterocycles. The van der Waals surface area contributed by atoms with E-state index in [9.17, 15) is 13.2 Å². The van der Waals surface area contributed by atoms with Crippen LogP contribution in [0.25, 0.3) is 6.08 Å². The van der Waals surface area contributed by atoms with E-state index in [1.165, 1.54) is 42.5 Å². The first-order valence-electron chi connectivity index (χ1n) is 8.69. The van der Waals surface area contributed by atoms with Gasteiger partial charge in [0.2, 0.25) is 9.84 Å². The van der Waals surface area contributed by atoms with Crippen molar-refractivity contribution in [3.8, 4) is 0 Å². The van der Waals surface area contributed by atoms with Crippen LogP contribution in [0.4, 0.5) is 4.39 Å². The van der Waals surface area contributed by atoms with E-state index in [1.54, 1.807) is 48.5 Å². The van der Waals surface area contributed by atoms with Crippen LogP contribution in [0, 0.1) is 0 Å². The number of ether oxygens (including phenoxy) is 1. The fraction of sp³-hybridized carbons (Fsp3) is 0. The van der Waals surface area contributed by atoms with Crippen molar-refractivity contribution in [1.82, 2.24) is 0 Å². The van der Waals surface area contributed by atoms with E-state index in [-0.39, 0.29) is 10.5 Å². The Balaban J connectivity index is 2.02. The molecule has 0 aromatic heterocycles. The smallest absolute Gasteiger partial charge is 0.343 e. The average Bonchev–Trinajstić information content (AvgIpc) is 2.78. The maximum atomic E-state index is 15.1. The largest absolute Gasteiger partial charge is 0.419 e. The lowest BCUT2D eigenvalue weighted by molar-refractivity contribution is 0.0631. The number of hydrogen-bond donors (Lipinski definition) is 0. The summed E-state index contributed by atoms with van der Waals surface area (Å²) < 4.78 is 45.5. The molecule has 0 unspecified atom stereocenters. The van der Waals surface area contributed by atoms with Crippen molar-refractivity contribution in [3.63, 3.8) is 0 Å². The quantitative estimate of drug-likeness (QED) is 0.321. The van der Waals surface area contributed by atoms with Crippen LogP contribution in [-0.2, 0) is 14.6 Å². The third kappa shape index (κ3) is 5.06. The van der Waals surface area contributed by atoms with Gasteiger partial charge < -0.3 is 4.74 Å². The summed E-state index contributed by atoms with van der Waals surface area (Å²) in [6.45, 7) is 0. The van der Waals surface area contributed by atoms with Gasteiger partial charge in [-0.05, 0) is 35.9 Å². The first kappa shape index (κ1) is 20.2. The standard InChI is InChI=1S/C23H17FO4S/c24-22(29(26,27)20-14-8-3-9-15-20)21(17-16-18-10-4-1-5-11-18)28-23(25)19-12-6-2-7-13-19/h1-17H/b17-16+,22-21-. The lowest BCUT2D eigenvalue weighted by Gasteiger charge is -2.08. The normalized spacial score (nSPS) is 12.4. The van der Waals surface area contributed by atoms with Crippen LogP contribution in [0.15, 0.2) is 113 Å². The summed E-state index contributed by atoms with van der Waals surface area (Å²) in [5.41, 5.74) is 0.855. The van der Waals surface area contributed by atoms with Gasteiger partial charge in [-0.2, -0.15) is 4.39 Å². The SMILES string of the molecule is O=C(OC(/C=C/c1ccccc1)=C(/F)S(=O)(=O)c1ccccc1)c1ccccc1. The molecule has 146 valence electrons. The molecule has 0 spiro atoms. The average molecular weight is 408 g/mol. The molecule has 29 heavy (non-hydrogen) atoms. The van der Waals surface area contributed by atoms with E-state index in [0.717, 1.165) is 6.08 Å². The molecule has 0 amide bonds. The molecule has 3 rings (SSSR count). The zero-order valence-corrected chi connectivity index (χ0v) is 16.1. The van der Waals surface area contributed by atoms with Crippen molar-refractivity contribution < 1.29 is 22.3 Å².